The summed E-state index contributed by atoms with van der Waals surface area (Å²) in [5, 5.41) is 8.73. The molecule has 1 aromatic heterocycles. The first-order valence-electron chi connectivity index (χ1n) is 1.96. The lowest BCUT2D eigenvalue weighted by Crippen LogP contribution is -1.70. The van der Waals surface area contributed by atoms with E-state index in [0.717, 1.165) is 2.88 Å². The first-order valence-corrected chi connectivity index (χ1v) is 4.19. The van der Waals surface area contributed by atoms with E-state index in [0.29, 0.717) is 10.7 Å². The fourth-order valence-electron chi connectivity index (χ4n) is 0.343. The van der Waals surface area contributed by atoms with Gasteiger partial charge in [-0.3, -0.25) is 0 Å². The highest BCUT2D eigenvalue weighted by atomic mass is 127. The zero-order chi connectivity index (χ0) is 6.85. The topological polar surface area (TPSA) is 36.7 Å². The first kappa shape index (κ1) is 7.25. The number of rotatable bonds is 0. The van der Waals surface area contributed by atoms with E-state index in [1.54, 1.807) is 0 Å². The van der Waals surface area contributed by atoms with Gasteiger partial charge in [0.05, 0.1) is 0 Å². The van der Waals surface area contributed by atoms with Crippen LogP contribution in [0.4, 0.5) is 0 Å². The van der Waals surface area contributed by atoms with E-state index in [4.69, 9.17) is 16.9 Å². The summed E-state index contributed by atoms with van der Waals surface area (Å²) in [6.07, 6.45) is 0. The molecule has 5 heteroatoms. The molecule has 0 aliphatic rings. The number of hydrogen-bond acceptors (Lipinski definition) is 3. The van der Waals surface area contributed by atoms with Crippen molar-refractivity contribution in [3.05, 3.63) is 13.6 Å². The Labute approximate surface area is 74.8 Å². The molecule has 0 saturated heterocycles. The molecule has 1 aromatic rings. The minimum Gasteiger partial charge on any atom is -0.192 e. The van der Waals surface area contributed by atoms with E-state index in [9.17, 15) is 0 Å². The highest BCUT2D eigenvalue weighted by molar-refractivity contribution is 14.1. The summed E-state index contributed by atoms with van der Waals surface area (Å²) in [6, 6.07) is 1.95. The van der Waals surface area contributed by atoms with E-state index >= 15 is 0 Å². The minimum absolute atomic E-state index is 0.312. The number of nitriles is 1. The van der Waals surface area contributed by atoms with Crippen molar-refractivity contribution in [2.75, 3.05) is 0 Å². The number of aromatic nitrogens is 1. The molecule has 1 heterocycles. The van der Waals surface area contributed by atoms with Crippen LogP contribution in [0, 0.1) is 14.2 Å². The van der Waals surface area contributed by atoms with Gasteiger partial charge >= 0.3 is 0 Å². The zero-order valence-corrected chi connectivity index (χ0v) is 7.79. The van der Waals surface area contributed by atoms with Crippen molar-refractivity contribution in [3.8, 4) is 6.07 Å². The predicted molar refractivity (Wildman–Crippen MR) is 44.6 cm³/mol. The Morgan fingerprint density at radius 2 is 2.44 bits per heavy atom. The van der Waals surface area contributed by atoms with Gasteiger partial charge < -0.3 is 0 Å². The number of hydrogen-bond donors (Lipinski definition) is 0. The quantitative estimate of drug-likeness (QED) is 0.678. The molecule has 46 valence electrons. The molecule has 0 aromatic carbocycles. The van der Waals surface area contributed by atoms with Gasteiger partial charge in [-0.05, 0) is 34.1 Å². The molecule has 9 heavy (non-hydrogen) atoms. The minimum atomic E-state index is 0.312. The van der Waals surface area contributed by atoms with Crippen molar-refractivity contribution in [1.82, 2.24) is 4.37 Å². The van der Waals surface area contributed by atoms with Crippen LogP contribution in [-0.2, 0) is 0 Å². The van der Waals surface area contributed by atoms with E-state index in [-0.39, 0.29) is 0 Å². The summed E-state index contributed by atoms with van der Waals surface area (Å²) >= 11 is 8.79. The van der Waals surface area contributed by atoms with Gasteiger partial charge in [0, 0.05) is 0 Å². The summed E-state index contributed by atoms with van der Waals surface area (Å²) < 4.78 is 4.61. The second kappa shape index (κ2) is 2.82. The van der Waals surface area contributed by atoms with Crippen LogP contribution in [0.25, 0.3) is 0 Å². The summed E-state index contributed by atoms with van der Waals surface area (Å²) in [6.45, 7) is 0. The summed E-state index contributed by atoms with van der Waals surface area (Å²) in [5.74, 6) is 0. The lowest BCUT2D eigenvalue weighted by molar-refractivity contribution is 1.47. The molecule has 0 radical (unpaired) electrons. The Hall–Kier alpha value is 0.140. The molecule has 0 unspecified atom stereocenters. The second-order valence-electron chi connectivity index (χ2n) is 1.23. The lowest BCUT2D eigenvalue weighted by Gasteiger charge is -1.76. The molecule has 0 N–H and O–H groups in total. The third-order valence-electron chi connectivity index (χ3n) is 0.721. The highest BCUT2D eigenvalue weighted by Crippen LogP contribution is 2.23. The van der Waals surface area contributed by atoms with Crippen LogP contribution in [0.3, 0.4) is 0 Å². The Morgan fingerprint density at radius 3 is 2.67 bits per heavy atom. The maximum absolute atomic E-state index is 8.42. The Balaban J connectivity index is 3.27. The van der Waals surface area contributed by atoms with E-state index in [1.165, 1.54) is 11.5 Å². The van der Waals surface area contributed by atoms with Crippen LogP contribution in [0.5, 0.6) is 0 Å². The van der Waals surface area contributed by atoms with Gasteiger partial charge in [0.2, 0.25) is 0 Å². The number of nitrogens with zero attached hydrogens (tertiary/aromatic N) is 2. The van der Waals surface area contributed by atoms with Gasteiger partial charge in [-0.15, -0.1) is 0 Å². The van der Waals surface area contributed by atoms with Crippen LogP contribution in [0.2, 0.25) is 5.15 Å². The zero-order valence-electron chi connectivity index (χ0n) is 4.06. The van der Waals surface area contributed by atoms with E-state index in [1.807, 2.05) is 28.7 Å². The smallest absolute Gasteiger partial charge is 0.161 e. The molecule has 0 bridgehead atoms. The molecule has 0 aliphatic carbocycles. The molecule has 0 atom stereocenters. The first-order chi connectivity index (χ1) is 4.25. The monoisotopic (exact) mass is 270 g/mol. The maximum atomic E-state index is 8.42. The summed E-state index contributed by atoms with van der Waals surface area (Å²) in [5.41, 5.74) is 0.488. The third-order valence-corrected chi connectivity index (χ3v) is 2.86. The van der Waals surface area contributed by atoms with Crippen LogP contribution in [0.1, 0.15) is 5.56 Å². The number of halogens is 2. The fourth-order valence-corrected chi connectivity index (χ4v) is 1.95. The Bertz CT molecular complexity index is 245. The largest absolute Gasteiger partial charge is 0.192 e. The van der Waals surface area contributed by atoms with Crippen molar-refractivity contribution in [1.29, 1.82) is 5.26 Å². The van der Waals surface area contributed by atoms with Gasteiger partial charge in [-0.2, -0.15) is 9.64 Å². The van der Waals surface area contributed by atoms with Crippen LogP contribution < -0.4 is 0 Å². The van der Waals surface area contributed by atoms with Gasteiger partial charge in [0.15, 0.2) is 5.15 Å². The SMILES string of the molecule is N#Cc1c(Cl)nsc1I. The van der Waals surface area contributed by atoms with Crippen molar-refractivity contribution in [3.63, 3.8) is 0 Å². The van der Waals surface area contributed by atoms with Gasteiger partial charge in [0.1, 0.15) is 14.5 Å². The Kier molecular flexibility index (Phi) is 2.27. The highest BCUT2D eigenvalue weighted by Gasteiger charge is 2.07. The van der Waals surface area contributed by atoms with E-state index in [2.05, 4.69) is 4.37 Å². The molecule has 1 rings (SSSR count). The Morgan fingerprint density at radius 1 is 1.78 bits per heavy atom. The van der Waals surface area contributed by atoms with E-state index < -0.39 is 0 Å². The molecular weight excluding hydrogens is 270 g/mol. The normalized spacial score (nSPS) is 9.00. The van der Waals surface area contributed by atoms with Crippen LogP contribution in [0.15, 0.2) is 0 Å². The van der Waals surface area contributed by atoms with Gasteiger partial charge in [0.25, 0.3) is 0 Å². The average Bonchev–Trinajstić information content (AvgIpc) is 2.12. The molecule has 0 aliphatic heterocycles. The van der Waals surface area contributed by atoms with Crippen LogP contribution in [-0.4, -0.2) is 4.37 Å². The molecule has 0 spiro atoms. The molecule has 2 nitrogen and oxygen atoms in total. The van der Waals surface area contributed by atoms with Crippen molar-refractivity contribution in [2.45, 2.75) is 0 Å². The summed E-state index contributed by atoms with van der Waals surface area (Å²) in [7, 11) is 0. The summed E-state index contributed by atoms with van der Waals surface area (Å²) in [4.78, 5) is 0. The average molecular weight is 270 g/mol. The van der Waals surface area contributed by atoms with Crippen molar-refractivity contribution >= 4 is 45.7 Å². The third kappa shape index (κ3) is 1.34. The molecule has 0 fully saturated rings. The molecule has 0 amide bonds. The van der Waals surface area contributed by atoms with Crippen molar-refractivity contribution in [2.24, 2.45) is 0 Å². The molecule has 0 saturated carbocycles. The fraction of sp³-hybridized carbons (Fsp3) is 0. The van der Waals surface area contributed by atoms with Gasteiger partial charge in [-0.1, -0.05) is 11.6 Å². The second-order valence-corrected chi connectivity index (χ2v) is 4.18. The lowest BCUT2D eigenvalue weighted by atomic mass is 10.4. The van der Waals surface area contributed by atoms with Crippen LogP contribution >= 0.6 is 45.7 Å². The van der Waals surface area contributed by atoms with Crippen molar-refractivity contribution < 1.29 is 0 Å². The predicted octanol–water partition coefficient (Wildman–Crippen LogP) is 2.27. The van der Waals surface area contributed by atoms with Gasteiger partial charge in [-0.25, -0.2) is 0 Å². The standard InChI is InChI=1S/C4ClIN2S/c5-3-2(1-7)4(6)9-8-3. The maximum Gasteiger partial charge on any atom is 0.161 e. The molecular formula is C4ClIN2S.